The SMILES string of the molecule is CCO.CN(C)CCCl.CSC(=N)c1cccs1.Cc1cc2cc(N)ccc2n1CCN(C)C.Cc1cc2cc(N=C(N)c3cccs3)ccc2n1CCN(C)C.Cc1cc2cc([N+](=O)[O-])ccc2[nH]1.Cc1cc2cc([N+](=O)[O-])ccc2n1CCN(C)C.Cl.I.[CH3-].[Pd]. The van der Waals surface area contributed by atoms with Gasteiger partial charge in [0.1, 0.15) is 10.9 Å². The quantitative estimate of drug-likeness (QED) is 0.00699. The van der Waals surface area contributed by atoms with Crippen LogP contribution in [0, 0.1) is 60.8 Å². The van der Waals surface area contributed by atoms with Crippen LogP contribution < -0.4 is 11.5 Å². The number of nitrogens with zero attached hydrogens (tertiary/aromatic N) is 10. The summed E-state index contributed by atoms with van der Waals surface area (Å²) in [5.41, 5.74) is 23.1. The number of rotatable bonds is 16. The molecule has 0 amide bonds. The van der Waals surface area contributed by atoms with Gasteiger partial charge >= 0.3 is 0 Å². The molecule has 4 aromatic carbocycles. The van der Waals surface area contributed by atoms with E-state index in [9.17, 15) is 20.2 Å². The summed E-state index contributed by atoms with van der Waals surface area (Å²) < 4.78 is 6.89. The number of nitrogen functional groups attached to an aromatic ring is 1. The largest absolute Gasteiger partial charge is 0.399 e. The zero-order chi connectivity index (χ0) is 65.2. The number of nitrogens with two attached hydrogens (primary N) is 2. The first-order valence-corrected chi connectivity index (χ1v) is 32.1. The van der Waals surface area contributed by atoms with Gasteiger partial charge < -0.3 is 62.3 Å². The fourth-order valence-electron chi connectivity index (χ4n) is 8.87. The minimum absolute atomic E-state index is 0. The van der Waals surface area contributed by atoms with Crippen LogP contribution in [0.1, 0.15) is 39.5 Å². The summed E-state index contributed by atoms with van der Waals surface area (Å²) in [4.78, 5) is 38.7. The fraction of sp³-hybridized carbons (Fsp3) is 0.348. The molecule has 0 saturated carbocycles. The summed E-state index contributed by atoms with van der Waals surface area (Å²) in [6.45, 7) is 17.1. The summed E-state index contributed by atoms with van der Waals surface area (Å²) in [6.07, 6.45) is 1.92. The van der Waals surface area contributed by atoms with Gasteiger partial charge in [-0.15, -0.1) is 82.4 Å². The summed E-state index contributed by atoms with van der Waals surface area (Å²) in [7, 11) is 16.5. The number of hydrogen-bond donors (Lipinski definition) is 5. The van der Waals surface area contributed by atoms with Crippen molar-refractivity contribution in [3.63, 3.8) is 0 Å². The average molecular weight is 1560 g/mol. The van der Waals surface area contributed by atoms with Gasteiger partial charge in [-0.2, -0.15) is 0 Å². The maximum atomic E-state index is 10.7. The molecular weight excluding hydrogens is 1470 g/mol. The predicted molar refractivity (Wildman–Crippen MR) is 407 cm³/mol. The number of nitro benzene ring substituents is 2. The number of thioether (sulfide) groups is 1. The van der Waals surface area contributed by atoms with E-state index in [0.717, 1.165) is 106 Å². The van der Waals surface area contributed by atoms with Crippen LogP contribution in [0.3, 0.4) is 0 Å². The van der Waals surface area contributed by atoms with Crippen molar-refractivity contribution in [2.24, 2.45) is 10.7 Å². The molecule has 0 unspecified atom stereocenters. The van der Waals surface area contributed by atoms with E-state index >= 15 is 0 Å². The number of nitrogens with one attached hydrogen (secondary N) is 2. The van der Waals surface area contributed by atoms with Gasteiger partial charge in [-0.1, -0.05) is 12.1 Å². The molecule has 6 aromatic heterocycles. The number of aromatic nitrogens is 4. The van der Waals surface area contributed by atoms with Crippen LogP contribution >= 0.6 is 82.4 Å². The number of fused-ring (bicyclic) bond motifs is 4. The monoisotopic (exact) mass is 1560 g/mol. The minimum atomic E-state index is -0.387. The van der Waals surface area contributed by atoms with Crippen molar-refractivity contribution in [2.45, 2.75) is 54.3 Å². The van der Waals surface area contributed by atoms with E-state index in [1.165, 1.54) is 51.0 Å². The van der Waals surface area contributed by atoms with E-state index in [2.05, 4.69) is 111 Å². The Bertz CT molecular complexity index is 3810. The number of benzene rings is 4. The Hall–Kier alpha value is -5.70. The summed E-state index contributed by atoms with van der Waals surface area (Å²) in [5.74, 6) is 1.30. The molecule has 0 atom stereocenters. The maximum Gasteiger partial charge on any atom is 0.270 e. The number of alkyl halides is 1. The van der Waals surface area contributed by atoms with Crippen LogP contribution in [-0.4, -0.2) is 165 Å². The van der Waals surface area contributed by atoms with Gasteiger partial charge in [0.25, 0.3) is 11.4 Å². The molecule has 0 radical (unpaired) electrons. The Morgan fingerprint density at radius 1 is 0.641 bits per heavy atom. The van der Waals surface area contributed by atoms with Crippen LogP contribution in [0.5, 0.6) is 0 Å². The number of amidine groups is 1. The van der Waals surface area contributed by atoms with Gasteiger partial charge in [-0.3, -0.25) is 25.6 Å². The van der Waals surface area contributed by atoms with Gasteiger partial charge in [-0.05, 0) is 193 Å². The van der Waals surface area contributed by atoms with Crippen molar-refractivity contribution in [1.29, 1.82) is 5.41 Å². The molecular formula is C66H94Cl2IN14O5PdS3-. The number of halogens is 3. The zero-order valence-electron chi connectivity index (χ0n) is 55.5. The molecule has 7 N–H and O–H groups in total. The summed E-state index contributed by atoms with van der Waals surface area (Å²) in [6, 6.07) is 38.4. The van der Waals surface area contributed by atoms with Crippen molar-refractivity contribution in [2.75, 3.05) is 107 Å². The van der Waals surface area contributed by atoms with Crippen molar-refractivity contribution < 1.29 is 35.4 Å². The number of H-pyrrole nitrogens is 1. The Balaban J connectivity index is 0.00000110. The van der Waals surface area contributed by atoms with Crippen LogP contribution in [0.4, 0.5) is 22.7 Å². The van der Waals surface area contributed by atoms with E-state index in [-0.39, 0.29) is 92.1 Å². The summed E-state index contributed by atoms with van der Waals surface area (Å²) in [5, 5.41) is 45.0. The van der Waals surface area contributed by atoms with Crippen molar-refractivity contribution in [1.82, 2.24) is 38.3 Å². The first-order valence-electron chi connectivity index (χ1n) is 28.5. The first kappa shape index (κ1) is 86.3. The number of aliphatic imine (C=N–C) groups is 1. The van der Waals surface area contributed by atoms with Crippen molar-refractivity contribution in [3.05, 3.63) is 192 Å². The van der Waals surface area contributed by atoms with E-state index in [1.54, 1.807) is 53.9 Å². The Morgan fingerprint density at radius 2 is 1.04 bits per heavy atom. The van der Waals surface area contributed by atoms with Crippen molar-refractivity contribution >= 4 is 160 Å². The molecule has 0 spiro atoms. The second-order valence-corrected chi connectivity index (χ2v) is 24.6. The van der Waals surface area contributed by atoms with E-state index in [4.69, 9.17) is 33.6 Å². The smallest absolute Gasteiger partial charge is 0.270 e. The standard InChI is InChI=1S/C18H22N4S.C13H17N3O2.C13H19N3.C9H8N2O2.C6H7NS2.C4H10ClN.C2H6O.CH3.ClH.HI.Pd/c1-13-11-14-12-15(20-18(19)17-5-4-10-23-17)6-7-16(14)22(13)9-8-21(2)3;1-10-8-11-9-12(16(17)18)4-5-13(11)15(10)7-6-14(2)3;1-10-8-11-9-12(14)4-5-13(11)16(10)7-6-15(2)3;1-6-4-7-5-8(11(12)13)2-3-9(7)10-6;1-8-6(7)5-3-2-4-9-5;1-6(2)4-3-5;1-2-3;;;;/h4-7,10-12H,8-9H2,1-3H3,(H2,19,20);4-5,8-9H,6-7H2,1-3H3;4-5,8-9H,6-7,14H2,1-3H3;2-5,10H,1H3;2-4,7H,1H3;3-4H2,1-2H3;3H,2H2,1H3;1H3;2*1H;/q;;;;;;;-1;;;. The molecule has 19 nitrogen and oxygen atoms in total. The summed E-state index contributed by atoms with van der Waals surface area (Å²) >= 11 is 10.0. The second kappa shape index (κ2) is 44.1. The van der Waals surface area contributed by atoms with E-state index in [0.29, 0.717) is 10.9 Å². The van der Waals surface area contributed by atoms with Gasteiger partial charge in [0, 0.05) is 175 Å². The molecule has 10 rings (SSSR count). The Labute approximate surface area is 598 Å². The van der Waals surface area contributed by atoms with Crippen LogP contribution in [-0.2, 0) is 40.1 Å². The number of aliphatic hydroxyl groups is 1. The molecule has 0 aliphatic rings. The van der Waals surface area contributed by atoms with E-state index in [1.807, 2.05) is 125 Å². The molecule has 0 fully saturated rings. The zero-order valence-corrected chi connectivity index (χ0v) is 63.4. The molecule has 0 aliphatic carbocycles. The average Bonchev–Trinajstić information content (AvgIpc) is 1.69. The second-order valence-electron chi connectivity index (χ2n) is 21.6. The molecule has 508 valence electrons. The van der Waals surface area contributed by atoms with Crippen LogP contribution in [0.25, 0.3) is 43.6 Å². The molecule has 0 aliphatic heterocycles. The molecule has 0 bridgehead atoms. The Morgan fingerprint density at radius 3 is 1.45 bits per heavy atom. The number of aliphatic hydroxyl groups excluding tert-OH is 1. The molecule has 26 heteroatoms. The number of hydrogen-bond acceptors (Lipinski definition) is 15. The number of likely N-dealkylation sites (N-methyl/N-ethyl adjacent to an activating group) is 3. The predicted octanol–water partition coefficient (Wildman–Crippen LogP) is 15.2. The third-order valence-electron chi connectivity index (χ3n) is 13.3. The third kappa shape index (κ3) is 28.1. The Kier molecular flexibility index (Phi) is 41.3. The topological polar surface area (TPSA) is 238 Å². The minimum Gasteiger partial charge on any atom is -0.399 e. The number of nitro groups is 2. The van der Waals surface area contributed by atoms with Gasteiger partial charge in [0.05, 0.1) is 25.3 Å². The van der Waals surface area contributed by atoms with Crippen molar-refractivity contribution in [3.8, 4) is 0 Å². The maximum absolute atomic E-state index is 10.7. The normalized spacial score (nSPS) is 10.6. The van der Waals surface area contributed by atoms with Crippen LogP contribution in [0.15, 0.2) is 137 Å². The number of aromatic amines is 1. The fourth-order valence-corrected chi connectivity index (χ4v) is 11.1. The van der Waals surface area contributed by atoms with Gasteiger partial charge in [0.15, 0.2) is 0 Å². The first-order chi connectivity index (χ1) is 41.8. The molecule has 10 aromatic rings. The number of anilines is 1. The molecule has 92 heavy (non-hydrogen) atoms. The van der Waals surface area contributed by atoms with Gasteiger partial charge in [0.2, 0.25) is 0 Å². The van der Waals surface area contributed by atoms with Gasteiger partial charge in [-0.25, -0.2) is 4.99 Å². The number of thiophene rings is 2. The molecule has 6 heterocycles. The molecule has 0 saturated heterocycles. The van der Waals surface area contributed by atoms with E-state index < -0.39 is 0 Å². The number of non-ortho nitro benzene ring substituents is 2. The number of aryl methyl sites for hydroxylation is 4. The van der Waals surface area contributed by atoms with Crippen LogP contribution in [0.2, 0.25) is 0 Å². The third-order valence-corrected chi connectivity index (χ3v) is 16.0.